The van der Waals surface area contributed by atoms with Crippen molar-refractivity contribution in [3.05, 3.63) is 0 Å². The Morgan fingerprint density at radius 3 is 2.45 bits per heavy atom. The average molecular weight is 156 g/mol. The van der Waals surface area contributed by atoms with Crippen molar-refractivity contribution in [2.75, 3.05) is 6.61 Å². The van der Waals surface area contributed by atoms with Crippen LogP contribution in [0.1, 0.15) is 33.6 Å². The van der Waals surface area contributed by atoms with E-state index in [1.807, 2.05) is 0 Å². The van der Waals surface area contributed by atoms with Crippen LogP contribution in [0.15, 0.2) is 0 Å². The fourth-order valence-corrected chi connectivity index (χ4v) is 1.83. The van der Waals surface area contributed by atoms with E-state index in [0.29, 0.717) is 12.5 Å². The van der Waals surface area contributed by atoms with E-state index in [1.165, 1.54) is 0 Å². The number of hydrogen-bond donors (Lipinski definition) is 0. The SMILES string of the molecule is CC[C@@]1(C(C)C)CCOC1=O. The normalized spacial score (nSPS) is 31.1. The first-order chi connectivity index (χ1) is 5.13. The van der Waals surface area contributed by atoms with Crippen LogP contribution >= 0.6 is 0 Å². The summed E-state index contributed by atoms with van der Waals surface area (Å²) in [4.78, 5) is 11.3. The fourth-order valence-electron chi connectivity index (χ4n) is 1.83. The number of ether oxygens (including phenoxy) is 1. The third kappa shape index (κ3) is 1.15. The third-order valence-electron chi connectivity index (χ3n) is 2.92. The van der Waals surface area contributed by atoms with Gasteiger partial charge in [0.25, 0.3) is 0 Å². The van der Waals surface area contributed by atoms with Crippen LogP contribution in [0.4, 0.5) is 0 Å². The summed E-state index contributed by atoms with van der Waals surface area (Å²) in [6, 6.07) is 0. The van der Waals surface area contributed by atoms with Crippen molar-refractivity contribution in [2.45, 2.75) is 33.6 Å². The molecule has 0 aliphatic carbocycles. The lowest BCUT2D eigenvalue weighted by atomic mass is 9.74. The molecule has 1 rings (SSSR count). The molecule has 0 aromatic carbocycles. The molecule has 0 aromatic heterocycles. The second kappa shape index (κ2) is 2.84. The van der Waals surface area contributed by atoms with Gasteiger partial charge in [-0.25, -0.2) is 0 Å². The van der Waals surface area contributed by atoms with Crippen LogP contribution in [0.25, 0.3) is 0 Å². The monoisotopic (exact) mass is 156 g/mol. The summed E-state index contributed by atoms with van der Waals surface area (Å²) in [5.41, 5.74) is -0.167. The molecular weight excluding hydrogens is 140 g/mol. The summed E-state index contributed by atoms with van der Waals surface area (Å²) < 4.78 is 4.98. The Balaban J connectivity index is 2.82. The summed E-state index contributed by atoms with van der Waals surface area (Å²) in [5, 5.41) is 0. The lowest BCUT2D eigenvalue weighted by Gasteiger charge is -2.26. The van der Waals surface area contributed by atoms with E-state index in [2.05, 4.69) is 20.8 Å². The molecular formula is C9H16O2. The summed E-state index contributed by atoms with van der Waals surface area (Å²) >= 11 is 0. The van der Waals surface area contributed by atoms with Gasteiger partial charge < -0.3 is 4.74 Å². The quantitative estimate of drug-likeness (QED) is 0.571. The van der Waals surface area contributed by atoms with Crippen molar-refractivity contribution in [3.63, 3.8) is 0 Å². The molecule has 11 heavy (non-hydrogen) atoms. The molecule has 0 saturated carbocycles. The Morgan fingerprint density at radius 1 is 1.64 bits per heavy atom. The van der Waals surface area contributed by atoms with Crippen LogP contribution in [-0.2, 0) is 9.53 Å². The maximum absolute atomic E-state index is 11.3. The zero-order valence-corrected chi connectivity index (χ0v) is 7.52. The third-order valence-corrected chi connectivity index (χ3v) is 2.92. The number of esters is 1. The predicted molar refractivity (Wildman–Crippen MR) is 43.1 cm³/mol. The highest BCUT2D eigenvalue weighted by Crippen LogP contribution is 2.40. The van der Waals surface area contributed by atoms with Crippen molar-refractivity contribution < 1.29 is 9.53 Å². The van der Waals surface area contributed by atoms with Crippen molar-refractivity contribution in [1.82, 2.24) is 0 Å². The molecule has 1 heterocycles. The van der Waals surface area contributed by atoms with E-state index in [-0.39, 0.29) is 11.4 Å². The van der Waals surface area contributed by atoms with Gasteiger partial charge in [-0.15, -0.1) is 0 Å². The van der Waals surface area contributed by atoms with Crippen molar-refractivity contribution in [1.29, 1.82) is 0 Å². The first-order valence-corrected chi connectivity index (χ1v) is 4.30. The molecule has 0 bridgehead atoms. The first-order valence-electron chi connectivity index (χ1n) is 4.30. The van der Waals surface area contributed by atoms with E-state index >= 15 is 0 Å². The number of hydrogen-bond acceptors (Lipinski definition) is 2. The molecule has 64 valence electrons. The van der Waals surface area contributed by atoms with Gasteiger partial charge in [0.05, 0.1) is 12.0 Å². The van der Waals surface area contributed by atoms with Crippen LogP contribution in [0.3, 0.4) is 0 Å². The van der Waals surface area contributed by atoms with Gasteiger partial charge in [-0.05, 0) is 18.8 Å². The topological polar surface area (TPSA) is 26.3 Å². The average Bonchev–Trinajstić information content (AvgIpc) is 2.32. The Kier molecular flexibility index (Phi) is 2.21. The summed E-state index contributed by atoms with van der Waals surface area (Å²) in [7, 11) is 0. The largest absolute Gasteiger partial charge is 0.465 e. The van der Waals surface area contributed by atoms with Crippen LogP contribution in [-0.4, -0.2) is 12.6 Å². The first kappa shape index (κ1) is 8.57. The summed E-state index contributed by atoms with van der Waals surface area (Å²) in [5.74, 6) is 0.414. The maximum atomic E-state index is 11.3. The molecule has 1 saturated heterocycles. The standard InChI is InChI=1S/C9H16O2/c1-4-9(7(2)3)5-6-11-8(9)10/h7H,4-6H2,1-3H3/t9-/m0/s1. The molecule has 2 heteroatoms. The van der Waals surface area contributed by atoms with Gasteiger partial charge in [-0.3, -0.25) is 4.79 Å². The maximum Gasteiger partial charge on any atom is 0.312 e. The molecule has 1 atom stereocenters. The van der Waals surface area contributed by atoms with E-state index in [4.69, 9.17) is 4.74 Å². The lowest BCUT2D eigenvalue weighted by molar-refractivity contribution is -0.148. The highest BCUT2D eigenvalue weighted by Gasteiger charge is 2.45. The van der Waals surface area contributed by atoms with Gasteiger partial charge in [0.2, 0.25) is 0 Å². The van der Waals surface area contributed by atoms with Gasteiger partial charge in [-0.2, -0.15) is 0 Å². The van der Waals surface area contributed by atoms with Gasteiger partial charge in [0, 0.05) is 0 Å². The van der Waals surface area contributed by atoms with Gasteiger partial charge in [-0.1, -0.05) is 20.8 Å². The molecule has 2 nitrogen and oxygen atoms in total. The highest BCUT2D eigenvalue weighted by molar-refractivity contribution is 5.78. The van der Waals surface area contributed by atoms with E-state index in [0.717, 1.165) is 12.8 Å². The fraction of sp³-hybridized carbons (Fsp3) is 0.889. The van der Waals surface area contributed by atoms with Gasteiger partial charge in [0.1, 0.15) is 0 Å². The van der Waals surface area contributed by atoms with E-state index in [1.54, 1.807) is 0 Å². The molecule has 0 radical (unpaired) electrons. The summed E-state index contributed by atoms with van der Waals surface area (Å²) in [6.07, 6.45) is 1.81. The van der Waals surface area contributed by atoms with Gasteiger partial charge >= 0.3 is 5.97 Å². The van der Waals surface area contributed by atoms with Crippen molar-refractivity contribution in [3.8, 4) is 0 Å². The number of carbonyl (C=O) groups excluding carboxylic acids is 1. The van der Waals surface area contributed by atoms with Crippen molar-refractivity contribution >= 4 is 5.97 Å². The zero-order valence-electron chi connectivity index (χ0n) is 7.52. The lowest BCUT2D eigenvalue weighted by Crippen LogP contribution is -2.31. The molecule has 0 unspecified atom stereocenters. The minimum atomic E-state index is -0.167. The Hall–Kier alpha value is -0.530. The minimum absolute atomic E-state index is 0.00926. The van der Waals surface area contributed by atoms with E-state index in [9.17, 15) is 4.79 Å². The smallest absolute Gasteiger partial charge is 0.312 e. The molecule has 1 aliphatic heterocycles. The molecule has 0 aromatic rings. The van der Waals surface area contributed by atoms with Crippen LogP contribution < -0.4 is 0 Å². The highest BCUT2D eigenvalue weighted by atomic mass is 16.5. The van der Waals surface area contributed by atoms with Crippen LogP contribution in [0, 0.1) is 11.3 Å². The zero-order chi connectivity index (χ0) is 8.48. The number of cyclic esters (lactones) is 1. The Labute approximate surface area is 67.9 Å². The Bertz CT molecular complexity index is 163. The molecule has 0 amide bonds. The number of carbonyl (C=O) groups is 1. The molecule has 1 aliphatic rings. The van der Waals surface area contributed by atoms with E-state index < -0.39 is 0 Å². The van der Waals surface area contributed by atoms with Gasteiger partial charge in [0.15, 0.2) is 0 Å². The minimum Gasteiger partial charge on any atom is -0.465 e. The second-order valence-corrected chi connectivity index (χ2v) is 3.55. The van der Waals surface area contributed by atoms with Crippen LogP contribution in [0.5, 0.6) is 0 Å². The van der Waals surface area contributed by atoms with Crippen molar-refractivity contribution in [2.24, 2.45) is 11.3 Å². The molecule has 0 spiro atoms. The summed E-state index contributed by atoms with van der Waals surface area (Å²) in [6.45, 7) is 6.86. The molecule has 0 N–H and O–H groups in total. The second-order valence-electron chi connectivity index (χ2n) is 3.55. The predicted octanol–water partition coefficient (Wildman–Crippen LogP) is 1.99. The van der Waals surface area contributed by atoms with Crippen LogP contribution in [0.2, 0.25) is 0 Å². The molecule has 1 fully saturated rings. The number of rotatable bonds is 2. The Morgan fingerprint density at radius 2 is 2.27 bits per heavy atom.